The van der Waals surface area contributed by atoms with Crippen LogP contribution in [0.4, 0.5) is 18.3 Å². The van der Waals surface area contributed by atoms with Crippen molar-refractivity contribution < 1.29 is 22.7 Å². The first kappa shape index (κ1) is 24.0. The molecule has 2 aliphatic rings. The van der Waals surface area contributed by atoms with Crippen molar-refractivity contribution >= 4 is 44.2 Å². The number of hydrogen-bond acceptors (Lipinski definition) is 7. The molecule has 1 amide bonds. The van der Waals surface area contributed by atoms with Crippen LogP contribution in [0.1, 0.15) is 16.8 Å². The van der Waals surface area contributed by atoms with E-state index in [1.807, 2.05) is 18.2 Å². The number of fused-ring (bicyclic) bond motifs is 3. The Morgan fingerprint density at radius 1 is 1.03 bits per heavy atom. The van der Waals surface area contributed by atoms with Crippen LogP contribution in [-0.4, -0.2) is 63.3 Å². The van der Waals surface area contributed by atoms with Gasteiger partial charge in [-0.2, -0.15) is 15.0 Å². The average molecular weight is 549 g/mol. The van der Waals surface area contributed by atoms with E-state index in [0.717, 1.165) is 47.0 Å². The molecule has 8 nitrogen and oxygen atoms in total. The Labute approximate surface area is 218 Å². The highest BCUT2D eigenvalue weighted by molar-refractivity contribution is 7.22. The SMILES string of the molecule is O=C(c1cc(OC(F)(F)F)ccc1-n1nccn1)N1CC2CC(C1)CN(c1nc3ccc(Cl)cc3s1)C2. The van der Waals surface area contributed by atoms with Gasteiger partial charge in [0.15, 0.2) is 5.13 Å². The highest BCUT2D eigenvalue weighted by Crippen LogP contribution is 2.37. The van der Waals surface area contributed by atoms with Gasteiger partial charge >= 0.3 is 6.36 Å². The van der Waals surface area contributed by atoms with Crippen LogP contribution in [-0.2, 0) is 0 Å². The summed E-state index contributed by atoms with van der Waals surface area (Å²) >= 11 is 7.72. The topological polar surface area (TPSA) is 76.4 Å². The standard InChI is InChI=1S/C24H20ClF3N6O2S/c25-16-1-3-19-21(8-16)37-23(31-19)33-12-14-7-15(13-33)11-32(10-14)22(35)18-9-17(36-24(26,27)28)2-4-20(18)34-29-5-6-30-34/h1-6,8-9,14-15H,7,10-13H2. The minimum Gasteiger partial charge on any atom is -0.406 e. The number of likely N-dealkylation sites (tertiary alicyclic amines) is 1. The smallest absolute Gasteiger partial charge is 0.406 e. The number of nitrogens with zero attached hydrogens (tertiary/aromatic N) is 6. The first-order valence-corrected chi connectivity index (χ1v) is 12.8. The molecule has 2 aromatic heterocycles. The summed E-state index contributed by atoms with van der Waals surface area (Å²) in [6.45, 7) is 2.44. The molecule has 4 heterocycles. The number of rotatable bonds is 4. The zero-order chi connectivity index (χ0) is 25.7. The molecular weight excluding hydrogens is 529 g/mol. The summed E-state index contributed by atoms with van der Waals surface area (Å²) in [7, 11) is 0. The van der Waals surface area contributed by atoms with E-state index in [9.17, 15) is 18.0 Å². The minimum atomic E-state index is -4.87. The number of thiazole rings is 1. The van der Waals surface area contributed by atoms with Crippen molar-refractivity contribution in [3.63, 3.8) is 0 Å². The fraction of sp³-hybridized carbons (Fsp3) is 0.333. The Balaban J connectivity index is 1.24. The normalized spacial score (nSPS) is 19.9. The van der Waals surface area contributed by atoms with Gasteiger partial charge in [0.2, 0.25) is 0 Å². The first-order chi connectivity index (χ1) is 17.7. The van der Waals surface area contributed by atoms with Gasteiger partial charge in [0.25, 0.3) is 5.91 Å². The predicted octanol–water partition coefficient (Wildman–Crippen LogP) is 5.03. The Morgan fingerprint density at radius 2 is 1.76 bits per heavy atom. The lowest BCUT2D eigenvalue weighted by Crippen LogP contribution is -2.54. The van der Waals surface area contributed by atoms with E-state index in [4.69, 9.17) is 16.6 Å². The number of ether oxygens (including phenoxy) is 1. The highest BCUT2D eigenvalue weighted by atomic mass is 35.5. The number of aromatic nitrogens is 4. The van der Waals surface area contributed by atoms with Gasteiger partial charge in [0.05, 0.1) is 33.9 Å². The fourth-order valence-corrected chi connectivity index (χ4v) is 6.45. The van der Waals surface area contributed by atoms with Crippen LogP contribution >= 0.6 is 22.9 Å². The van der Waals surface area contributed by atoms with Crippen LogP contribution in [0.3, 0.4) is 0 Å². The van der Waals surface area contributed by atoms with Crippen molar-refractivity contribution in [1.29, 1.82) is 0 Å². The fourth-order valence-electron chi connectivity index (χ4n) is 5.19. The third-order valence-electron chi connectivity index (χ3n) is 6.54. The Bertz CT molecular complexity index is 1450. The van der Waals surface area contributed by atoms with Gasteiger partial charge in [0.1, 0.15) is 5.75 Å². The predicted molar refractivity (Wildman–Crippen MR) is 132 cm³/mol. The summed E-state index contributed by atoms with van der Waals surface area (Å²) in [5.41, 5.74) is 1.24. The van der Waals surface area contributed by atoms with E-state index in [2.05, 4.69) is 19.8 Å². The number of benzene rings is 2. The molecule has 0 N–H and O–H groups in total. The quantitative estimate of drug-likeness (QED) is 0.356. The highest BCUT2D eigenvalue weighted by Gasteiger charge is 2.38. The summed E-state index contributed by atoms with van der Waals surface area (Å²) in [6.07, 6.45) is -1.03. The second-order valence-corrected chi connectivity index (χ2v) is 10.7. The minimum absolute atomic E-state index is 0.0535. The number of carbonyl (C=O) groups excluding carboxylic acids is 1. The lowest BCUT2D eigenvalue weighted by atomic mass is 9.84. The number of hydrogen-bond donors (Lipinski definition) is 0. The molecule has 0 radical (unpaired) electrons. The molecular formula is C24H20ClF3N6O2S. The summed E-state index contributed by atoms with van der Waals surface area (Å²) in [5, 5.41) is 9.70. The van der Waals surface area contributed by atoms with Crippen molar-refractivity contribution in [1.82, 2.24) is 24.9 Å². The third-order valence-corrected chi connectivity index (χ3v) is 7.86. The molecule has 6 rings (SSSR count). The molecule has 2 aliphatic heterocycles. The van der Waals surface area contributed by atoms with Gasteiger partial charge in [0, 0.05) is 31.2 Å². The number of piperidine rings is 2. The van der Waals surface area contributed by atoms with Gasteiger partial charge in [-0.15, -0.1) is 13.2 Å². The van der Waals surface area contributed by atoms with Gasteiger partial charge < -0.3 is 14.5 Å². The van der Waals surface area contributed by atoms with Crippen molar-refractivity contribution in [2.24, 2.45) is 11.8 Å². The molecule has 4 aromatic rings. The van der Waals surface area contributed by atoms with E-state index in [1.165, 1.54) is 23.3 Å². The van der Waals surface area contributed by atoms with Crippen LogP contribution in [0.5, 0.6) is 5.75 Å². The summed E-state index contributed by atoms with van der Waals surface area (Å²) < 4.78 is 43.7. The molecule has 0 saturated carbocycles. The second kappa shape index (κ2) is 9.18. The Hall–Kier alpha value is -3.38. The first-order valence-electron chi connectivity index (χ1n) is 11.6. The lowest BCUT2D eigenvalue weighted by Gasteiger charge is -2.45. The monoisotopic (exact) mass is 548 g/mol. The van der Waals surface area contributed by atoms with E-state index < -0.39 is 12.1 Å². The Morgan fingerprint density at radius 3 is 2.46 bits per heavy atom. The zero-order valence-corrected chi connectivity index (χ0v) is 20.8. The van der Waals surface area contributed by atoms with Crippen molar-refractivity contribution in [2.75, 3.05) is 31.1 Å². The molecule has 13 heteroatoms. The van der Waals surface area contributed by atoms with E-state index >= 15 is 0 Å². The van der Waals surface area contributed by atoms with Gasteiger partial charge in [-0.3, -0.25) is 4.79 Å². The van der Waals surface area contributed by atoms with Crippen molar-refractivity contribution in [3.8, 4) is 11.4 Å². The van der Waals surface area contributed by atoms with Gasteiger partial charge in [-0.1, -0.05) is 22.9 Å². The maximum absolute atomic E-state index is 13.6. The van der Waals surface area contributed by atoms with Crippen LogP contribution in [0.2, 0.25) is 5.02 Å². The molecule has 2 unspecified atom stereocenters. The molecule has 192 valence electrons. The molecule has 0 spiro atoms. The summed E-state index contributed by atoms with van der Waals surface area (Å²) in [6, 6.07) is 9.26. The van der Waals surface area contributed by atoms with Crippen LogP contribution < -0.4 is 9.64 Å². The molecule has 2 fully saturated rings. The molecule has 37 heavy (non-hydrogen) atoms. The maximum Gasteiger partial charge on any atom is 0.573 e. The van der Waals surface area contributed by atoms with E-state index in [-0.39, 0.29) is 29.0 Å². The molecule has 2 saturated heterocycles. The zero-order valence-electron chi connectivity index (χ0n) is 19.2. The van der Waals surface area contributed by atoms with Crippen LogP contribution in [0, 0.1) is 11.8 Å². The molecule has 2 bridgehead atoms. The van der Waals surface area contributed by atoms with E-state index in [1.54, 1.807) is 16.2 Å². The summed E-state index contributed by atoms with van der Waals surface area (Å²) in [5.74, 6) is -0.440. The van der Waals surface area contributed by atoms with Gasteiger partial charge in [-0.05, 0) is 54.7 Å². The number of alkyl halides is 3. The number of halogens is 4. The molecule has 2 aromatic carbocycles. The van der Waals surface area contributed by atoms with Gasteiger partial charge in [-0.25, -0.2) is 4.98 Å². The van der Waals surface area contributed by atoms with Crippen molar-refractivity contribution in [2.45, 2.75) is 12.8 Å². The van der Waals surface area contributed by atoms with Crippen LogP contribution in [0.25, 0.3) is 15.9 Å². The second-order valence-electron chi connectivity index (χ2n) is 9.24. The third kappa shape index (κ3) is 4.95. The number of anilines is 1. The Kier molecular flexibility index (Phi) is 5.95. The average Bonchev–Trinajstić information content (AvgIpc) is 3.52. The largest absolute Gasteiger partial charge is 0.573 e. The summed E-state index contributed by atoms with van der Waals surface area (Å²) in [4.78, 5) is 23.6. The molecule has 2 atom stereocenters. The van der Waals surface area contributed by atoms with Crippen LogP contribution in [0.15, 0.2) is 48.8 Å². The number of amides is 1. The van der Waals surface area contributed by atoms with Crippen molar-refractivity contribution in [3.05, 3.63) is 59.4 Å². The lowest BCUT2D eigenvalue weighted by molar-refractivity contribution is -0.274. The molecule has 0 aliphatic carbocycles. The maximum atomic E-state index is 13.6. The number of carbonyl (C=O) groups is 1. The van der Waals surface area contributed by atoms with E-state index in [0.29, 0.717) is 18.1 Å².